The fraction of sp³-hybridized carbons (Fsp3) is 0.625. The normalized spacial score (nSPS) is 21.3. The van der Waals surface area contributed by atoms with Crippen molar-refractivity contribution in [1.29, 1.82) is 0 Å². The predicted octanol–water partition coefficient (Wildman–Crippen LogP) is 3.09. The highest BCUT2D eigenvalue weighted by Crippen LogP contribution is 2.35. The summed E-state index contributed by atoms with van der Waals surface area (Å²) < 4.78 is 16.2. The number of nitrogens with one attached hydrogen (secondary N) is 1. The lowest BCUT2D eigenvalue weighted by Crippen LogP contribution is -2.33. The first-order chi connectivity index (χ1) is 10.2. The number of rotatable bonds is 7. The maximum absolute atomic E-state index is 5.47. The van der Waals surface area contributed by atoms with E-state index >= 15 is 0 Å². The van der Waals surface area contributed by atoms with Crippen molar-refractivity contribution in [2.24, 2.45) is 0 Å². The third kappa shape index (κ3) is 3.77. The summed E-state index contributed by atoms with van der Waals surface area (Å²) in [6.07, 6.45) is 6.07. The molecule has 1 N–H and O–H groups in total. The first-order valence-electron chi connectivity index (χ1n) is 7.28. The molecule has 1 fully saturated rings. The molecule has 0 aliphatic heterocycles. The van der Waals surface area contributed by atoms with Crippen LogP contribution in [0.3, 0.4) is 0 Å². The topological polar surface area (TPSA) is 39.7 Å². The van der Waals surface area contributed by atoms with Crippen LogP contribution >= 0.6 is 11.8 Å². The van der Waals surface area contributed by atoms with Gasteiger partial charge in [-0.3, -0.25) is 0 Å². The smallest absolute Gasteiger partial charge is 0.164 e. The maximum Gasteiger partial charge on any atom is 0.164 e. The van der Waals surface area contributed by atoms with Crippen molar-refractivity contribution in [1.82, 2.24) is 5.32 Å². The molecule has 1 aliphatic carbocycles. The highest BCUT2D eigenvalue weighted by molar-refractivity contribution is 7.99. The van der Waals surface area contributed by atoms with E-state index in [2.05, 4.69) is 11.6 Å². The number of methoxy groups -OCH3 is 3. The Hall–Kier alpha value is -1.07. The van der Waals surface area contributed by atoms with Gasteiger partial charge in [0, 0.05) is 29.5 Å². The molecule has 1 aromatic rings. The van der Waals surface area contributed by atoms with Gasteiger partial charge < -0.3 is 19.5 Å². The van der Waals surface area contributed by atoms with Crippen LogP contribution in [0, 0.1) is 0 Å². The summed E-state index contributed by atoms with van der Waals surface area (Å²) in [5.41, 5.74) is 1.10. The summed E-state index contributed by atoms with van der Waals surface area (Å²) >= 11 is 1.96. The average molecular weight is 311 g/mol. The third-order valence-corrected chi connectivity index (χ3v) is 5.27. The lowest BCUT2D eigenvalue weighted by molar-refractivity contribution is 0.346. The lowest BCUT2D eigenvalue weighted by Gasteiger charge is -2.20. The molecule has 1 aromatic carbocycles. The van der Waals surface area contributed by atoms with Gasteiger partial charge in [0.15, 0.2) is 11.5 Å². The average Bonchev–Trinajstić information content (AvgIpc) is 2.99. The molecule has 5 heteroatoms. The summed E-state index contributed by atoms with van der Waals surface area (Å²) in [7, 11) is 4.98. The molecule has 0 amide bonds. The molecule has 0 spiro atoms. The molecule has 4 nitrogen and oxygen atoms in total. The Morgan fingerprint density at radius 2 is 1.71 bits per heavy atom. The second-order valence-corrected chi connectivity index (χ2v) is 6.29. The van der Waals surface area contributed by atoms with Crippen molar-refractivity contribution in [3.05, 3.63) is 17.7 Å². The third-order valence-electron chi connectivity index (χ3n) is 4.10. The molecular formula is C16H25NO3S. The molecule has 0 aromatic heterocycles. The molecule has 21 heavy (non-hydrogen) atoms. The zero-order chi connectivity index (χ0) is 15.2. The SMILES string of the molecule is COc1cc(OC)c(OC)cc1CNC1CCCC1SC. The van der Waals surface area contributed by atoms with E-state index in [1.54, 1.807) is 21.3 Å². The Kier molecular flexibility index (Phi) is 6.06. The highest BCUT2D eigenvalue weighted by atomic mass is 32.2. The summed E-state index contributed by atoms with van der Waals surface area (Å²) in [4.78, 5) is 0. The van der Waals surface area contributed by atoms with E-state index in [9.17, 15) is 0 Å². The lowest BCUT2D eigenvalue weighted by atomic mass is 10.1. The van der Waals surface area contributed by atoms with E-state index in [4.69, 9.17) is 14.2 Å². The van der Waals surface area contributed by atoms with Crippen molar-refractivity contribution in [3.8, 4) is 17.2 Å². The second kappa shape index (κ2) is 7.80. The Bertz CT molecular complexity index is 467. The van der Waals surface area contributed by atoms with Gasteiger partial charge in [0.2, 0.25) is 0 Å². The molecule has 0 saturated heterocycles. The standard InChI is InChI=1S/C16H25NO3S/c1-18-13-9-15(20-3)14(19-2)8-11(13)10-17-12-6-5-7-16(12)21-4/h8-9,12,16-17H,5-7,10H2,1-4H3. The van der Waals surface area contributed by atoms with Crippen molar-refractivity contribution < 1.29 is 14.2 Å². The minimum Gasteiger partial charge on any atom is -0.496 e. The van der Waals surface area contributed by atoms with Crippen LogP contribution in [-0.4, -0.2) is 38.9 Å². The van der Waals surface area contributed by atoms with Gasteiger partial charge in [0.1, 0.15) is 5.75 Å². The van der Waals surface area contributed by atoms with Gasteiger partial charge in [0.25, 0.3) is 0 Å². The van der Waals surface area contributed by atoms with Crippen LogP contribution in [0.25, 0.3) is 0 Å². The summed E-state index contributed by atoms with van der Waals surface area (Å²) in [6.45, 7) is 0.783. The van der Waals surface area contributed by atoms with Crippen molar-refractivity contribution in [2.45, 2.75) is 37.1 Å². The van der Waals surface area contributed by atoms with Crippen LogP contribution in [0.15, 0.2) is 12.1 Å². The van der Waals surface area contributed by atoms with Crippen LogP contribution < -0.4 is 19.5 Å². The molecule has 1 saturated carbocycles. The van der Waals surface area contributed by atoms with Gasteiger partial charge in [-0.05, 0) is 25.2 Å². The molecule has 1 aliphatic rings. The van der Waals surface area contributed by atoms with Crippen LogP contribution in [-0.2, 0) is 6.54 Å². The van der Waals surface area contributed by atoms with E-state index < -0.39 is 0 Å². The minimum atomic E-state index is 0.581. The van der Waals surface area contributed by atoms with Crippen LogP contribution in [0.2, 0.25) is 0 Å². The van der Waals surface area contributed by atoms with E-state index in [-0.39, 0.29) is 0 Å². The van der Waals surface area contributed by atoms with Gasteiger partial charge in [-0.1, -0.05) is 6.42 Å². The van der Waals surface area contributed by atoms with Crippen LogP contribution in [0.1, 0.15) is 24.8 Å². The van der Waals surface area contributed by atoms with Gasteiger partial charge in [-0.25, -0.2) is 0 Å². The second-order valence-electron chi connectivity index (χ2n) is 5.21. The Labute approximate surface area is 131 Å². The summed E-state index contributed by atoms with van der Waals surface area (Å²) in [5, 5.41) is 4.38. The monoisotopic (exact) mass is 311 g/mol. The fourth-order valence-electron chi connectivity index (χ4n) is 2.91. The Balaban J connectivity index is 2.11. The number of thioether (sulfide) groups is 1. The van der Waals surface area contributed by atoms with E-state index in [1.807, 2.05) is 23.9 Å². The van der Waals surface area contributed by atoms with Crippen molar-refractivity contribution in [3.63, 3.8) is 0 Å². The first kappa shape index (κ1) is 16.3. The molecule has 2 unspecified atom stereocenters. The molecular weight excluding hydrogens is 286 g/mol. The van der Waals surface area contributed by atoms with Gasteiger partial charge in [0.05, 0.1) is 21.3 Å². The fourth-order valence-corrected chi connectivity index (χ4v) is 3.88. The molecule has 2 rings (SSSR count). The van der Waals surface area contributed by atoms with Gasteiger partial charge >= 0.3 is 0 Å². The van der Waals surface area contributed by atoms with Gasteiger partial charge in [-0.2, -0.15) is 11.8 Å². The van der Waals surface area contributed by atoms with Crippen molar-refractivity contribution >= 4 is 11.8 Å². The Morgan fingerprint density at radius 1 is 1.05 bits per heavy atom. The van der Waals surface area contributed by atoms with Crippen molar-refractivity contribution in [2.75, 3.05) is 27.6 Å². The first-order valence-corrected chi connectivity index (χ1v) is 8.57. The minimum absolute atomic E-state index is 0.581. The quantitative estimate of drug-likeness (QED) is 0.838. The van der Waals surface area contributed by atoms with Crippen LogP contribution in [0.5, 0.6) is 17.2 Å². The summed E-state index contributed by atoms with van der Waals surface area (Å²) in [6, 6.07) is 4.46. The number of hydrogen-bond acceptors (Lipinski definition) is 5. The summed E-state index contributed by atoms with van der Waals surface area (Å²) in [5.74, 6) is 2.27. The van der Waals surface area contributed by atoms with E-state index in [0.717, 1.165) is 28.9 Å². The molecule has 2 atom stereocenters. The zero-order valence-electron chi connectivity index (χ0n) is 13.3. The molecule has 0 radical (unpaired) electrons. The molecule has 118 valence electrons. The molecule has 0 bridgehead atoms. The largest absolute Gasteiger partial charge is 0.496 e. The molecule has 0 heterocycles. The maximum atomic E-state index is 5.47. The zero-order valence-corrected chi connectivity index (χ0v) is 14.1. The van der Waals surface area contributed by atoms with E-state index in [1.165, 1.54) is 19.3 Å². The van der Waals surface area contributed by atoms with Gasteiger partial charge in [-0.15, -0.1) is 0 Å². The van der Waals surface area contributed by atoms with Crippen LogP contribution in [0.4, 0.5) is 0 Å². The number of hydrogen-bond donors (Lipinski definition) is 1. The number of ether oxygens (including phenoxy) is 3. The van der Waals surface area contributed by atoms with E-state index in [0.29, 0.717) is 11.8 Å². The Morgan fingerprint density at radius 3 is 2.33 bits per heavy atom. The predicted molar refractivity (Wildman–Crippen MR) is 87.9 cm³/mol. The number of benzene rings is 1. The highest BCUT2D eigenvalue weighted by Gasteiger charge is 2.26.